The third-order valence-electron chi connectivity index (χ3n) is 2.93. The number of hydrogen-bond donors (Lipinski definition) is 1. The third-order valence-corrected chi connectivity index (χ3v) is 2.93. The standard InChI is InChI=1S/C15H25NO2/c1-6-16-15(7-11(2)3)12-8-13(17-4)10-14(9-12)18-5/h8-11,15-16H,6-7H2,1-5H3. The fraction of sp³-hybridized carbons (Fsp3) is 0.600. The van der Waals surface area contributed by atoms with Gasteiger partial charge >= 0.3 is 0 Å². The summed E-state index contributed by atoms with van der Waals surface area (Å²) in [7, 11) is 3.37. The molecule has 0 saturated heterocycles. The Kier molecular flexibility index (Phi) is 5.99. The first kappa shape index (κ1) is 14.8. The highest BCUT2D eigenvalue weighted by Gasteiger charge is 2.14. The van der Waals surface area contributed by atoms with Crippen LogP contribution in [0.15, 0.2) is 18.2 Å². The summed E-state index contributed by atoms with van der Waals surface area (Å²) >= 11 is 0. The first-order chi connectivity index (χ1) is 8.60. The molecule has 0 fully saturated rings. The van der Waals surface area contributed by atoms with E-state index in [1.165, 1.54) is 5.56 Å². The van der Waals surface area contributed by atoms with Crippen molar-refractivity contribution in [2.75, 3.05) is 20.8 Å². The van der Waals surface area contributed by atoms with Crippen LogP contribution in [0, 0.1) is 5.92 Å². The van der Waals surface area contributed by atoms with Gasteiger partial charge in [0.1, 0.15) is 11.5 Å². The van der Waals surface area contributed by atoms with Crippen LogP contribution in [-0.2, 0) is 0 Å². The number of methoxy groups -OCH3 is 2. The maximum atomic E-state index is 5.32. The zero-order valence-corrected chi connectivity index (χ0v) is 12.1. The van der Waals surface area contributed by atoms with Crippen molar-refractivity contribution in [3.8, 4) is 11.5 Å². The van der Waals surface area contributed by atoms with Gasteiger partial charge in [0.25, 0.3) is 0 Å². The number of ether oxygens (including phenoxy) is 2. The van der Waals surface area contributed by atoms with Crippen molar-refractivity contribution in [1.29, 1.82) is 0 Å². The van der Waals surface area contributed by atoms with Crippen LogP contribution in [0.25, 0.3) is 0 Å². The zero-order valence-electron chi connectivity index (χ0n) is 12.1. The van der Waals surface area contributed by atoms with Crippen LogP contribution in [0.2, 0.25) is 0 Å². The van der Waals surface area contributed by atoms with E-state index < -0.39 is 0 Å². The van der Waals surface area contributed by atoms with Gasteiger partial charge < -0.3 is 14.8 Å². The Balaban J connectivity index is 3.01. The van der Waals surface area contributed by atoms with Crippen LogP contribution in [0.3, 0.4) is 0 Å². The molecule has 0 aliphatic carbocycles. The molecule has 3 nitrogen and oxygen atoms in total. The van der Waals surface area contributed by atoms with Gasteiger partial charge in [0.15, 0.2) is 0 Å². The summed E-state index contributed by atoms with van der Waals surface area (Å²) in [6, 6.07) is 6.41. The fourth-order valence-electron chi connectivity index (χ4n) is 2.09. The molecule has 0 aromatic heterocycles. The van der Waals surface area contributed by atoms with E-state index in [2.05, 4.69) is 38.2 Å². The van der Waals surface area contributed by atoms with Crippen molar-refractivity contribution in [2.24, 2.45) is 5.92 Å². The summed E-state index contributed by atoms with van der Waals surface area (Å²) in [4.78, 5) is 0. The highest BCUT2D eigenvalue weighted by atomic mass is 16.5. The predicted molar refractivity (Wildman–Crippen MR) is 75.4 cm³/mol. The molecule has 18 heavy (non-hydrogen) atoms. The average Bonchev–Trinajstić information content (AvgIpc) is 2.37. The second-order valence-electron chi connectivity index (χ2n) is 4.89. The number of benzene rings is 1. The molecule has 0 aliphatic rings. The Hall–Kier alpha value is -1.22. The molecule has 0 bridgehead atoms. The van der Waals surface area contributed by atoms with Crippen LogP contribution < -0.4 is 14.8 Å². The summed E-state index contributed by atoms with van der Waals surface area (Å²) in [6.45, 7) is 7.56. The summed E-state index contributed by atoms with van der Waals surface area (Å²) in [5, 5.41) is 3.52. The van der Waals surface area contributed by atoms with E-state index in [1.54, 1.807) is 14.2 Å². The molecule has 1 unspecified atom stereocenters. The molecule has 1 rings (SSSR count). The SMILES string of the molecule is CCNC(CC(C)C)c1cc(OC)cc(OC)c1. The van der Waals surface area contributed by atoms with Crippen LogP contribution in [0.1, 0.15) is 38.8 Å². The Morgan fingerprint density at radius 2 is 1.61 bits per heavy atom. The van der Waals surface area contributed by atoms with Crippen molar-refractivity contribution in [3.63, 3.8) is 0 Å². The van der Waals surface area contributed by atoms with Crippen molar-refractivity contribution >= 4 is 0 Å². The lowest BCUT2D eigenvalue weighted by atomic mass is 9.96. The van der Waals surface area contributed by atoms with E-state index in [4.69, 9.17) is 9.47 Å². The van der Waals surface area contributed by atoms with Crippen LogP contribution >= 0.6 is 0 Å². The topological polar surface area (TPSA) is 30.5 Å². The summed E-state index contributed by atoms with van der Waals surface area (Å²) in [5.74, 6) is 2.33. The summed E-state index contributed by atoms with van der Waals surface area (Å²) in [5.41, 5.74) is 1.22. The monoisotopic (exact) mass is 251 g/mol. The minimum Gasteiger partial charge on any atom is -0.497 e. The van der Waals surface area contributed by atoms with Gasteiger partial charge in [-0.15, -0.1) is 0 Å². The van der Waals surface area contributed by atoms with Crippen molar-refractivity contribution < 1.29 is 9.47 Å². The molecule has 0 spiro atoms. The van der Waals surface area contributed by atoms with E-state index in [0.717, 1.165) is 24.5 Å². The van der Waals surface area contributed by atoms with Gasteiger partial charge in [-0.25, -0.2) is 0 Å². The van der Waals surface area contributed by atoms with Crippen LogP contribution in [0.5, 0.6) is 11.5 Å². The Morgan fingerprint density at radius 3 is 2.00 bits per heavy atom. The van der Waals surface area contributed by atoms with Gasteiger partial charge in [-0.1, -0.05) is 20.8 Å². The second kappa shape index (κ2) is 7.27. The van der Waals surface area contributed by atoms with Gasteiger partial charge in [0.05, 0.1) is 14.2 Å². The van der Waals surface area contributed by atoms with Crippen molar-refractivity contribution in [2.45, 2.75) is 33.2 Å². The average molecular weight is 251 g/mol. The highest BCUT2D eigenvalue weighted by Crippen LogP contribution is 2.29. The second-order valence-corrected chi connectivity index (χ2v) is 4.89. The lowest BCUT2D eigenvalue weighted by Crippen LogP contribution is -2.22. The molecule has 3 heteroatoms. The lowest BCUT2D eigenvalue weighted by molar-refractivity contribution is 0.387. The molecule has 1 N–H and O–H groups in total. The van der Waals surface area contributed by atoms with Gasteiger partial charge in [-0.3, -0.25) is 0 Å². The number of nitrogens with one attached hydrogen (secondary N) is 1. The highest BCUT2D eigenvalue weighted by molar-refractivity contribution is 5.39. The van der Waals surface area contributed by atoms with E-state index in [0.29, 0.717) is 12.0 Å². The van der Waals surface area contributed by atoms with Gasteiger partial charge in [-0.2, -0.15) is 0 Å². The van der Waals surface area contributed by atoms with Crippen molar-refractivity contribution in [1.82, 2.24) is 5.32 Å². The Morgan fingerprint density at radius 1 is 1.06 bits per heavy atom. The quantitative estimate of drug-likeness (QED) is 0.805. The first-order valence-electron chi connectivity index (χ1n) is 6.57. The summed E-state index contributed by atoms with van der Waals surface area (Å²) in [6.07, 6.45) is 1.10. The molecule has 1 aromatic rings. The molecule has 1 aromatic carbocycles. The maximum absolute atomic E-state index is 5.32. The third kappa shape index (κ3) is 4.22. The molecule has 0 saturated carbocycles. The lowest BCUT2D eigenvalue weighted by Gasteiger charge is -2.21. The largest absolute Gasteiger partial charge is 0.497 e. The number of hydrogen-bond acceptors (Lipinski definition) is 3. The molecular formula is C15H25NO2. The predicted octanol–water partition coefficient (Wildman–Crippen LogP) is 3.40. The van der Waals surface area contributed by atoms with Gasteiger partial charge in [-0.05, 0) is 36.6 Å². The van der Waals surface area contributed by atoms with E-state index in [9.17, 15) is 0 Å². The van der Waals surface area contributed by atoms with E-state index in [1.807, 2.05) is 6.07 Å². The smallest absolute Gasteiger partial charge is 0.122 e. The van der Waals surface area contributed by atoms with Gasteiger partial charge in [0, 0.05) is 12.1 Å². The molecule has 1 atom stereocenters. The van der Waals surface area contributed by atoms with Crippen LogP contribution in [-0.4, -0.2) is 20.8 Å². The maximum Gasteiger partial charge on any atom is 0.122 e. The fourth-order valence-corrected chi connectivity index (χ4v) is 2.09. The minimum atomic E-state index is 0.346. The van der Waals surface area contributed by atoms with Gasteiger partial charge in [0.2, 0.25) is 0 Å². The van der Waals surface area contributed by atoms with Crippen LogP contribution in [0.4, 0.5) is 0 Å². The zero-order chi connectivity index (χ0) is 13.5. The van der Waals surface area contributed by atoms with E-state index >= 15 is 0 Å². The van der Waals surface area contributed by atoms with Crippen molar-refractivity contribution in [3.05, 3.63) is 23.8 Å². The normalized spacial score (nSPS) is 12.6. The molecular weight excluding hydrogens is 226 g/mol. The number of rotatable bonds is 7. The Labute approximate surface area is 110 Å². The molecule has 0 heterocycles. The minimum absolute atomic E-state index is 0.346. The Bertz CT molecular complexity index is 341. The molecule has 102 valence electrons. The molecule has 0 amide bonds. The molecule has 0 radical (unpaired) electrons. The first-order valence-corrected chi connectivity index (χ1v) is 6.57. The van der Waals surface area contributed by atoms with E-state index in [-0.39, 0.29) is 0 Å². The molecule has 0 aliphatic heterocycles. The summed E-state index contributed by atoms with van der Waals surface area (Å²) < 4.78 is 10.6.